The lowest BCUT2D eigenvalue weighted by molar-refractivity contribution is 0.506. The fourth-order valence-electron chi connectivity index (χ4n) is 5.77. The van der Waals surface area contributed by atoms with Crippen molar-refractivity contribution >= 4 is 19.1 Å². The SMILES string of the molecule is CC(C)(C)[Si]1(C(C)(C)C)C(=Nc2ccccc2)CC1(C)C. The Bertz CT molecular complexity index is 511. The Kier molecular flexibility index (Phi) is 3.77. The Morgan fingerprint density at radius 1 is 0.905 bits per heavy atom. The molecule has 21 heavy (non-hydrogen) atoms. The van der Waals surface area contributed by atoms with Crippen LogP contribution in [-0.2, 0) is 0 Å². The van der Waals surface area contributed by atoms with E-state index in [-0.39, 0.29) is 0 Å². The van der Waals surface area contributed by atoms with Crippen LogP contribution in [0.15, 0.2) is 35.3 Å². The molecule has 0 unspecified atom stereocenters. The van der Waals surface area contributed by atoms with E-state index in [0.717, 1.165) is 12.1 Å². The zero-order valence-corrected chi connectivity index (χ0v) is 16.0. The lowest BCUT2D eigenvalue weighted by atomic mass is 10.1. The zero-order valence-electron chi connectivity index (χ0n) is 15.0. The first-order valence-electron chi connectivity index (χ1n) is 8.07. The molecule has 1 heterocycles. The van der Waals surface area contributed by atoms with Crippen LogP contribution in [0, 0.1) is 0 Å². The molecule has 1 aliphatic rings. The van der Waals surface area contributed by atoms with Gasteiger partial charge in [0, 0.05) is 5.33 Å². The second-order valence-corrected chi connectivity index (χ2v) is 15.6. The molecule has 2 rings (SSSR count). The van der Waals surface area contributed by atoms with E-state index >= 15 is 0 Å². The van der Waals surface area contributed by atoms with Crippen molar-refractivity contribution in [2.75, 3.05) is 0 Å². The Balaban J connectivity index is 2.62. The van der Waals surface area contributed by atoms with Crippen LogP contribution in [0.1, 0.15) is 61.8 Å². The third kappa shape index (κ3) is 2.32. The quantitative estimate of drug-likeness (QED) is 0.523. The molecule has 0 aliphatic carbocycles. The van der Waals surface area contributed by atoms with Gasteiger partial charge in [0.15, 0.2) is 0 Å². The maximum atomic E-state index is 5.12. The van der Waals surface area contributed by atoms with Crippen LogP contribution in [0.3, 0.4) is 0 Å². The van der Waals surface area contributed by atoms with E-state index in [4.69, 9.17) is 4.99 Å². The fraction of sp³-hybridized carbons (Fsp3) is 0.632. The van der Waals surface area contributed by atoms with Crippen molar-refractivity contribution in [2.24, 2.45) is 4.99 Å². The van der Waals surface area contributed by atoms with Gasteiger partial charge < -0.3 is 0 Å². The molecule has 116 valence electrons. The molecule has 0 radical (unpaired) electrons. The molecule has 0 atom stereocenters. The summed E-state index contributed by atoms with van der Waals surface area (Å²) in [5.74, 6) is 0. The lowest BCUT2D eigenvalue weighted by Gasteiger charge is -2.68. The Labute approximate surface area is 131 Å². The number of hydrogen-bond donors (Lipinski definition) is 0. The summed E-state index contributed by atoms with van der Waals surface area (Å²) in [4.78, 5) is 5.12. The molecule has 1 aromatic rings. The predicted octanol–water partition coefficient (Wildman–Crippen LogP) is 6.53. The van der Waals surface area contributed by atoms with E-state index in [1.165, 1.54) is 5.33 Å². The molecule has 0 aromatic heterocycles. The summed E-state index contributed by atoms with van der Waals surface area (Å²) in [6, 6.07) is 10.5. The van der Waals surface area contributed by atoms with Gasteiger partial charge >= 0.3 is 0 Å². The highest BCUT2D eigenvalue weighted by Crippen LogP contribution is 2.70. The molecular formula is C19H31NSi. The number of hydrogen-bond acceptors (Lipinski definition) is 1. The minimum atomic E-state index is -1.74. The van der Waals surface area contributed by atoms with E-state index in [1.807, 2.05) is 0 Å². The summed E-state index contributed by atoms with van der Waals surface area (Å²) >= 11 is 0. The fourth-order valence-corrected chi connectivity index (χ4v) is 15.7. The largest absolute Gasteiger partial charge is 0.262 e. The highest BCUT2D eigenvalue weighted by Gasteiger charge is 2.70. The van der Waals surface area contributed by atoms with E-state index in [2.05, 4.69) is 85.7 Å². The molecule has 1 saturated heterocycles. The van der Waals surface area contributed by atoms with Gasteiger partial charge in [0.2, 0.25) is 0 Å². The zero-order chi connectivity index (χ0) is 16.1. The first kappa shape index (κ1) is 16.5. The molecule has 0 N–H and O–H groups in total. The highest BCUT2D eigenvalue weighted by atomic mass is 28.3. The van der Waals surface area contributed by atoms with Crippen molar-refractivity contribution < 1.29 is 0 Å². The molecule has 1 aliphatic heterocycles. The number of para-hydroxylation sites is 1. The maximum absolute atomic E-state index is 5.12. The van der Waals surface area contributed by atoms with Gasteiger partial charge in [0.05, 0.1) is 5.69 Å². The first-order chi connectivity index (χ1) is 9.43. The average molecular weight is 302 g/mol. The van der Waals surface area contributed by atoms with Gasteiger partial charge in [-0.15, -0.1) is 0 Å². The Morgan fingerprint density at radius 2 is 1.38 bits per heavy atom. The van der Waals surface area contributed by atoms with E-state index in [0.29, 0.717) is 15.1 Å². The number of aliphatic imine (C=N–C) groups is 1. The molecule has 0 saturated carbocycles. The summed E-state index contributed by atoms with van der Waals surface area (Å²) in [6.07, 6.45) is 1.16. The highest BCUT2D eigenvalue weighted by molar-refractivity contribution is 7.16. The third-order valence-electron chi connectivity index (χ3n) is 5.33. The molecule has 0 amide bonds. The van der Waals surface area contributed by atoms with Crippen LogP contribution in [0.25, 0.3) is 0 Å². The van der Waals surface area contributed by atoms with Gasteiger partial charge in [-0.3, -0.25) is 4.99 Å². The van der Waals surface area contributed by atoms with E-state index < -0.39 is 8.07 Å². The van der Waals surface area contributed by atoms with Gasteiger partial charge in [-0.1, -0.05) is 73.6 Å². The summed E-state index contributed by atoms with van der Waals surface area (Å²) in [5.41, 5.74) is 1.12. The molecule has 1 aromatic carbocycles. The van der Waals surface area contributed by atoms with Gasteiger partial charge in [-0.05, 0) is 33.7 Å². The number of nitrogens with zero attached hydrogens (tertiary/aromatic N) is 1. The van der Waals surface area contributed by atoms with E-state index in [9.17, 15) is 0 Å². The second-order valence-electron chi connectivity index (χ2n) is 9.20. The van der Waals surface area contributed by atoms with Crippen LogP contribution in [-0.4, -0.2) is 13.4 Å². The third-order valence-corrected chi connectivity index (χ3v) is 13.2. The molecule has 2 heteroatoms. The minimum absolute atomic E-state index is 0.320. The first-order valence-corrected chi connectivity index (χ1v) is 10.1. The monoisotopic (exact) mass is 301 g/mol. The molecule has 0 spiro atoms. The van der Waals surface area contributed by atoms with Crippen LogP contribution in [0.2, 0.25) is 15.1 Å². The van der Waals surface area contributed by atoms with Crippen molar-refractivity contribution in [3.8, 4) is 0 Å². The van der Waals surface area contributed by atoms with Gasteiger partial charge in [-0.25, -0.2) is 0 Å². The summed E-state index contributed by atoms with van der Waals surface area (Å²) in [6.45, 7) is 19.6. The predicted molar refractivity (Wildman–Crippen MR) is 97.4 cm³/mol. The van der Waals surface area contributed by atoms with Crippen molar-refractivity contribution in [1.82, 2.24) is 0 Å². The minimum Gasteiger partial charge on any atom is -0.262 e. The second kappa shape index (κ2) is 4.81. The standard InChI is InChI=1S/C19H31NSi/c1-17(2,3)21(18(4,5)6)16(14-19(21,7)8)20-15-12-10-9-11-13-15/h9-13H,14H2,1-8H3. The van der Waals surface area contributed by atoms with Crippen LogP contribution < -0.4 is 0 Å². The van der Waals surface area contributed by atoms with Crippen molar-refractivity contribution in [3.63, 3.8) is 0 Å². The topological polar surface area (TPSA) is 12.4 Å². The summed E-state index contributed by atoms with van der Waals surface area (Å²) < 4.78 is 0. The number of rotatable bonds is 1. The Hall–Kier alpha value is -0.893. The smallest absolute Gasteiger partial charge is 0.121 e. The van der Waals surface area contributed by atoms with Crippen LogP contribution in [0.5, 0.6) is 0 Å². The van der Waals surface area contributed by atoms with Gasteiger partial charge in [0.1, 0.15) is 8.07 Å². The van der Waals surface area contributed by atoms with Crippen molar-refractivity contribution in [3.05, 3.63) is 30.3 Å². The summed E-state index contributed by atoms with van der Waals surface area (Å²) in [7, 11) is -1.74. The van der Waals surface area contributed by atoms with Crippen LogP contribution >= 0.6 is 0 Å². The lowest BCUT2D eigenvalue weighted by Crippen LogP contribution is -2.72. The molecule has 1 fully saturated rings. The van der Waals surface area contributed by atoms with Crippen molar-refractivity contribution in [1.29, 1.82) is 0 Å². The Morgan fingerprint density at radius 3 is 1.76 bits per heavy atom. The van der Waals surface area contributed by atoms with Crippen LogP contribution in [0.4, 0.5) is 5.69 Å². The van der Waals surface area contributed by atoms with Gasteiger partial charge in [0.25, 0.3) is 0 Å². The molecule has 0 bridgehead atoms. The van der Waals surface area contributed by atoms with Gasteiger partial charge in [-0.2, -0.15) is 0 Å². The normalized spacial score (nSPS) is 23.0. The van der Waals surface area contributed by atoms with E-state index in [1.54, 1.807) is 0 Å². The molecule has 1 nitrogen and oxygen atoms in total. The van der Waals surface area contributed by atoms with Crippen molar-refractivity contribution in [2.45, 2.75) is 76.9 Å². The average Bonchev–Trinajstić information content (AvgIpc) is 2.24. The number of benzene rings is 1. The maximum Gasteiger partial charge on any atom is 0.121 e. The summed E-state index contributed by atoms with van der Waals surface area (Å²) in [5, 5.41) is 2.57. The molecular weight excluding hydrogens is 270 g/mol.